The van der Waals surface area contributed by atoms with Gasteiger partial charge in [0.2, 0.25) is 11.8 Å². The standard InChI is InChI=1S/C21H26N2O5/c22-20(26)14-9-5-4-8-13(14)17(12-6-2-1-3-7-12)21(27)23-10-15(24)19-18(23)16(25)11-28-19/h4-5,8-9,12,15,17-19,24H,1-3,6-7,10-11H2,(H2,22,26)/t15-,17+,18-,19-/m1/s1. The van der Waals surface area contributed by atoms with Crippen molar-refractivity contribution in [3.8, 4) is 0 Å². The van der Waals surface area contributed by atoms with Crippen LogP contribution in [0.3, 0.4) is 0 Å². The second kappa shape index (κ2) is 7.64. The quantitative estimate of drug-likeness (QED) is 0.802. The number of Topliss-reactive ketones (excluding diaryl/α,β-unsaturated/α-hetero) is 1. The molecule has 1 aromatic carbocycles. The van der Waals surface area contributed by atoms with Crippen LogP contribution in [0.4, 0.5) is 0 Å². The molecule has 4 rings (SSSR count). The molecule has 0 unspecified atom stereocenters. The van der Waals surface area contributed by atoms with Gasteiger partial charge < -0.3 is 20.5 Å². The van der Waals surface area contributed by atoms with E-state index in [1.165, 1.54) is 4.90 Å². The minimum atomic E-state index is -0.876. The first-order valence-corrected chi connectivity index (χ1v) is 10.0. The number of likely N-dealkylation sites (tertiary alicyclic amines) is 1. The summed E-state index contributed by atoms with van der Waals surface area (Å²) in [5.74, 6) is -1.44. The van der Waals surface area contributed by atoms with Crippen molar-refractivity contribution in [3.05, 3.63) is 35.4 Å². The van der Waals surface area contributed by atoms with Crippen LogP contribution in [0.25, 0.3) is 0 Å². The smallest absolute Gasteiger partial charge is 0.249 e. The van der Waals surface area contributed by atoms with Crippen molar-refractivity contribution in [2.45, 2.75) is 56.3 Å². The molecule has 2 aliphatic heterocycles. The number of amides is 2. The summed E-state index contributed by atoms with van der Waals surface area (Å²) in [6, 6.07) is 6.22. The normalized spacial score (nSPS) is 29.0. The van der Waals surface area contributed by atoms with Gasteiger partial charge in [0.15, 0.2) is 5.78 Å². The highest BCUT2D eigenvalue weighted by atomic mass is 16.5. The summed E-state index contributed by atoms with van der Waals surface area (Å²) in [6.45, 7) is -0.00991. The lowest BCUT2D eigenvalue weighted by Crippen LogP contribution is -2.46. The van der Waals surface area contributed by atoms with Gasteiger partial charge >= 0.3 is 0 Å². The highest BCUT2D eigenvalue weighted by Gasteiger charge is 2.53. The number of nitrogens with zero attached hydrogens (tertiary/aromatic N) is 1. The predicted octanol–water partition coefficient (Wildman–Crippen LogP) is 0.989. The summed E-state index contributed by atoms with van der Waals surface area (Å²) in [7, 11) is 0. The van der Waals surface area contributed by atoms with Crippen LogP contribution >= 0.6 is 0 Å². The van der Waals surface area contributed by atoms with E-state index in [-0.39, 0.29) is 30.8 Å². The van der Waals surface area contributed by atoms with Gasteiger partial charge in [0.1, 0.15) is 24.9 Å². The second-order valence-corrected chi connectivity index (χ2v) is 8.07. The van der Waals surface area contributed by atoms with Crippen LogP contribution in [0.5, 0.6) is 0 Å². The number of fused-ring (bicyclic) bond motifs is 1. The number of benzene rings is 1. The number of ketones is 1. The number of rotatable bonds is 4. The SMILES string of the molecule is NC(=O)c1ccccc1[C@@H](C(=O)N1C[C@@H](O)[C@H]2OCC(=O)[C@H]21)C1CCCCC1. The number of ether oxygens (including phenoxy) is 1. The Hall–Kier alpha value is -2.25. The molecule has 3 fully saturated rings. The third-order valence-corrected chi connectivity index (χ3v) is 6.39. The second-order valence-electron chi connectivity index (χ2n) is 8.07. The lowest BCUT2D eigenvalue weighted by Gasteiger charge is -2.34. The lowest BCUT2D eigenvalue weighted by atomic mass is 9.74. The van der Waals surface area contributed by atoms with Crippen molar-refractivity contribution in [1.82, 2.24) is 4.90 Å². The van der Waals surface area contributed by atoms with Crippen LogP contribution in [0.15, 0.2) is 24.3 Å². The van der Waals surface area contributed by atoms with Gasteiger partial charge in [-0.2, -0.15) is 0 Å². The topological polar surface area (TPSA) is 110 Å². The Morgan fingerprint density at radius 1 is 1.18 bits per heavy atom. The van der Waals surface area contributed by atoms with Crippen molar-refractivity contribution in [2.75, 3.05) is 13.2 Å². The summed E-state index contributed by atoms with van der Waals surface area (Å²) in [5.41, 5.74) is 6.55. The molecule has 1 aromatic rings. The van der Waals surface area contributed by atoms with Crippen LogP contribution in [-0.4, -0.2) is 59.0 Å². The highest BCUT2D eigenvalue weighted by molar-refractivity contribution is 5.99. The number of carbonyl (C=O) groups is 3. The van der Waals surface area contributed by atoms with Crippen LogP contribution in [0.2, 0.25) is 0 Å². The molecule has 2 saturated heterocycles. The number of primary amides is 1. The number of aliphatic hydroxyl groups is 1. The van der Waals surface area contributed by atoms with E-state index in [4.69, 9.17) is 10.5 Å². The van der Waals surface area contributed by atoms with Crippen LogP contribution in [0, 0.1) is 5.92 Å². The Morgan fingerprint density at radius 2 is 1.89 bits per heavy atom. The zero-order valence-corrected chi connectivity index (χ0v) is 15.8. The van der Waals surface area contributed by atoms with Gasteiger partial charge in [0.05, 0.1) is 12.5 Å². The van der Waals surface area contributed by atoms with Crippen molar-refractivity contribution in [1.29, 1.82) is 0 Å². The summed E-state index contributed by atoms with van der Waals surface area (Å²) in [4.78, 5) is 39.5. The minimum Gasteiger partial charge on any atom is -0.388 e. The molecule has 7 heteroatoms. The van der Waals surface area contributed by atoms with E-state index in [2.05, 4.69) is 0 Å². The fourth-order valence-electron chi connectivity index (χ4n) is 5.08. The zero-order chi connectivity index (χ0) is 19.8. The van der Waals surface area contributed by atoms with Gasteiger partial charge in [-0.25, -0.2) is 0 Å². The molecule has 2 heterocycles. The number of nitrogens with two attached hydrogens (primary N) is 1. The van der Waals surface area contributed by atoms with Gasteiger partial charge in [0, 0.05) is 5.56 Å². The molecule has 2 amide bonds. The molecule has 0 bridgehead atoms. The first-order valence-electron chi connectivity index (χ1n) is 10.0. The maximum absolute atomic E-state index is 13.7. The number of aliphatic hydroxyl groups excluding tert-OH is 1. The monoisotopic (exact) mass is 386 g/mol. The predicted molar refractivity (Wildman–Crippen MR) is 101 cm³/mol. The number of hydrogen-bond acceptors (Lipinski definition) is 5. The third-order valence-electron chi connectivity index (χ3n) is 6.39. The van der Waals surface area contributed by atoms with Crippen molar-refractivity contribution in [3.63, 3.8) is 0 Å². The molecular weight excluding hydrogens is 360 g/mol. The molecule has 1 aliphatic carbocycles. The summed E-state index contributed by atoms with van der Waals surface area (Å²) in [5, 5.41) is 10.3. The van der Waals surface area contributed by atoms with E-state index in [9.17, 15) is 19.5 Å². The van der Waals surface area contributed by atoms with Crippen LogP contribution < -0.4 is 5.73 Å². The molecular formula is C21H26N2O5. The number of β-amino-alcohol motifs (C(OH)–C–C–N with tert-alkyl or cyclic N) is 1. The lowest BCUT2D eigenvalue weighted by molar-refractivity contribution is -0.139. The van der Waals surface area contributed by atoms with Gasteiger partial charge in [0.25, 0.3) is 0 Å². The Kier molecular flexibility index (Phi) is 5.21. The van der Waals surface area contributed by atoms with Gasteiger partial charge in [-0.1, -0.05) is 37.5 Å². The van der Waals surface area contributed by atoms with Crippen LogP contribution in [0.1, 0.15) is 53.9 Å². The molecule has 1 saturated carbocycles. The van der Waals surface area contributed by atoms with E-state index in [0.29, 0.717) is 11.1 Å². The fourth-order valence-corrected chi connectivity index (χ4v) is 5.08. The van der Waals surface area contributed by atoms with E-state index in [1.807, 2.05) is 0 Å². The van der Waals surface area contributed by atoms with Crippen molar-refractivity contribution < 1.29 is 24.2 Å². The molecule has 150 valence electrons. The van der Waals surface area contributed by atoms with E-state index in [0.717, 1.165) is 32.1 Å². The maximum Gasteiger partial charge on any atom is 0.249 e. The third kappa shape index (κ3) is 3.22. The van der Waals surface area contributed by atoms with Gasteiger partial charge in [-0.3, -0.25) is 14.4 Å². The average molecular weight is 386 g/mol. The number of carbonyl (C=O) groups excluding carboxylic acids is 3. The average Bonchev–Trinajstić information content (AvgIpc) is 3.24. The van der Waals surface area contributed by atoms with Gasteiger partial charge in [-0.05, 0) is 30.4 Å². The van der Waals surface area contributed by atoms with Gasteiger partial charge in [-0.15, -0.1) is 0 Å². The number of hydrogen-bond donors (Lipinski definition) is 2. The molecule has 3 N–H and O–H groups in total. The summed E-state index contributed by atoms with van der Waals surface area (Å²) >= 11 is 0. The molecule has 28 heavy (non-hydrogen) atoms. The molecule has 4 atom stereocenters. The van der Waals surface area contributed by atoms with E-state index in [1.54, 1.807) is 24.3 Å². The largest absolute Gasteiger partial charge is 0.388 e. The highest BCUT2D eigenvalue weighted by Crippen LogP contribution is 2.40. The van der Waals surface area contributed by atoms with E-state index < -0.39 is 30.1 Å². The maximum atomic E-state index is 13.7. The Bertz CT molecular complexity index is 789. The van der Waals surface area contributed by atoms with Crippen molar-refractivity contribution >= 4 is 17.6 Å². The molecule has 0 radical (unpaired) electrons. The summed E-state index contributed by atoms with van der Waals surface area (Å²) < 4.78 is 5.41. The molecule has 0 aromatic heterocycles. The molecule has 3 aliphatic rings. The summed E-state index contributed by atoms with van der Waals surface area (Å²) in [6.07, 6.45) is 3.44. The minimum absolute atomic E-state index is 0.0713. The Labute approximate surface area is 163 Å². The van der Waals surface area contributed by atoms with Crippen LogP contribution in [-0.2, 0) is 14.3 Å². The van der Waals surface area contributed by atoms with E-state index >= 15 is 0 Å². The first kappa shape index (κ1) is 19.1. The first-order chi connectivity index (χ1) is 13.5. The molecule has 7 nitrogen and oxygen atoms in total. The molecule has 0 spiro atoms. The fraction of sp³-hybridized carbons (Fsp3) is 0.571. The Morgan fingerprint density at radius 3 is 2.61 bits per heavy atom. The van der Waals surface area contributed by atoms with Crippen molar-refractivity contribution in [2.24, 2.45) is 11.7 Å². The zero-order valence-electron chi connectivity index (χ0n) is 15.8. The Balaban J connectivity index is 1.73.